The van der Waals surface area contributed by atoms with Crippen molar-refractivity contribution in [3.63, 3.8) is 0 Å². The number of carbonyl (C=O) groups is 2. The van der Waals surface area contributed by atoms with Crippen LogP contribution in [0.15, 0.2) is 36.1 Å². The molecule has 0 saturated carbocycles. The van der Waals surface area contributed by atoms with Crippen LogP contribution in [0.3, 0.4) is 0 Å². The molecule has 0 spiro atoms. The number of aliphatic hydroxyl groups excluding tert-OH is 4. The highest BCUT2D eigenvalue weighted by Gasteiger charge is 2.48. The maximum absolute atomic E-state index is 12.7. The molecular weight excluding hydrogens is 492 g/mol. The molecule has 0 aromatic heterocycles. The number of aromatic hydroxyl groups is 1. The quantitative estimate of drug-likeness (QED) is 0.252. The summed E-state index contributed by atoms with van der Waals surface area (Å²) in [7, 11) is 1.20. The van der Waals surface area contributed by atoms with Crippen molar-refractivity contribution in [3.8, 4) is 5.75 Å². The Kier molecular flexibility index (Phi) is 10.3. The molecule has 0 radical (unpaired) electrons. The van der Waals surface area contributed by atoms with Crippen LogP contribution in [0, 0.1) is 11.8 Å². The van der Waals surface area contributed by atoms with Crippen LogP contribution in [0.1, 0.15) is 25.3 Å². The number of phenolic OH excluding ortho intramolecular Hbond substituents is 1. The summed E-state index contributed by atoms with van der Waals surface area (Å²) in [6.07, 6.45) is -6.90. The summed E-state index contributed by atoms with van der Waals surface area (Å²) in [6.45, 7) is 1.22. The molecule has 8 atom stereocenters. The molecule has 2 heterocycles. The fourth-order valence-corrected chi connectivity index (χ4v) is 4.48. The summed E-state index contributed by atoms with van der Waals surface area (Å²) in [4.78, 5) is 25.1. The van der Waals surface area contributed by atoms with Gasteiger partial charge in [0.1, 0.15) is 30.2 Å². The van der Waals surface area contributed by atoms with Crippen LogP contribution >= 0.6 is 0 Å². The fraction of sp³-hybridized carbons (Fsp3) is 0.600. The van der Waals surface area contributed by atoms with E-state index in [0.717, 1.165) is 11.8 Å². The predicted octanol–water partition coefficient (Wildman–Crippen LogP) is -0.260. The SMILES string of the molecule is CC[C@H]1[C@@H](OC2OC(CO)C(O)C(O)C2O)OC=C(C(=O)OC)[C@@H]1CC(=O)OCCc1cccc(O)c1. The zero-order chi connectivity index (χ0) is 27.1. The van der Waals surface area contributed by atoms with Crippen LogP contribution in [0.2, 0.25) is 0 Å². The second-order valence-electron chi connectivity index (χ2n) is 8.93. The lowest BCUT2D eigenvalue weighted by atomic mass is 9.80. The van der Waals surface area contributed by atoms with Crippen molar-refractivity contribution in [3.05, 3.63) is 41.7 Å². The van der Waals surface area contributed by atoms with Gasteiger partial charge in [-0.3, -0.25) is 4.79 Å². The summed E-state index contributed by atoms with van der Waals surface area (Å²) >= 11 is 0. The highest BCUT2D eigenvalue weighted by molar-refractivity contribution is 5.89. The van der Waals surface area contributed by atoms with Crippen molar-refractivity contribution in [2.75, 3.05) is 20.3 Å². The Morgan fingerprint density at radius 1 is 1.08 bits per heavy atom. The number of benzene rings is 1. The van der Waals surface area contributed by atoms with Crippen LogP contribution in [0.25, 0.3) is 0 Å². The Bertz CT molecular complexity index is 947. The van der Waals surface area contributed by atoms with Gasteiger partial charge in [0.25, 0.3) is 0 Å². The molecule has 12 heteroatoms. The lowest BCUT2D eigenvalue weighted by Crippen LogP contribution is -2.60. The lowest BCUT2D eigenvalue weighted by Gasteiger charge is -2.43. The molecule has 0 aliphatic carbocycles. The first kappa shape index (κ1) is 28.8. The summed E-state index contributed by atoms with van der Waals surface area (Å²) < 4.78 is 27.0. The first-order valence-corrected chi connectivity index (χ1v) is 12.0. The van der Waals surface area contributed by atoms with Crippen LogP contribution in [-0.4, -0.2) is 94.8 Å². The average molecular weight is 527 g/mol. The van der Waals surface area contributed by atoms with E-state index in [4.69, 9.17) is 23.7 Å². The number of hydrogen-bond donors (Lipinski definition) is 5. The van der Waals surface area contributed by atoms with E-state index < -0.39 is 67.4 Å². The first-order valence-electron chi connectivity index (χ1n) is 12.0. The van der Waals surface area contributed by atoms with Gasteiger partial charge < -0.3 is 49.2 Å². The molecule has 5 N–H and O–H groups in total. The zero-order valence-corrected chi connectivity index (χ0v) is 20.6. The van der Waals surface area contributed by atoms with Gasteiger partial charge in [-0.05, 0) is 24.1 Å². The molecule has 1 aromatic carbocycles. The zero-order valence-electron chi connectivity index (χ0n) is 20.6. The second-order valence-corrected chi connectivity index (χ2v) is 8.93. The molecule has 1 fully saturated rings. The molecule has 2 aliphatic heterocycles. The van der Waals surface area contributed by atoms with Gasteiger partial charge in [0.15, 0.2) is 6.29 Å². The smallest absolute Gasteiger partial charge is 0.337 e. The van der Waals surface area contributed by atoms with Crippen molar-refractivity contribution in [1.29, 1.82) is 0 Å². The predicted molar refractivity (Wildman–Crippen MR) is 124 cm³/mol. The van der Waals surface area contributed by atoms with E-state index in [1.165, 1.54) is 13.2 Å². The van der Waals surface area contributed by atoms with Gasteiger partial charge >= 0.3 is 11.9 Å². The Labute approximate surface area is 214 Å². The molecule has 206 valence electrons. The largest absolute Gasteiger partial charge is 0.508 e. The Hall–Kier alpha value is -2.74. The number of rotatable bonds is 10. The number of methoxy groups -OCH3 is 1. The number of hydrogen-bond acceptors (Lipinski definition) is 12. The average Bonchev–Trinajstić information content (AvgIpc) is 2.88. The third kappa shape index (κ3) is 6.98. The van der Waals surface area contributed by atoms with E-state index in [1.54, 1.807) is 25.1 Å². The minimum Gasteiger partial charge on any atom is -0.508 e. The van der Waals surface area contributed by atoms with Gasteiger partial charge in [0, 0.05) is 18.3 Å². The topological polar surface area (TPSA) is 181 Å². The normalized spacial score (nSPS) is 31.7. The maximum atomic E-state index is 12.7. The summed E-state index contributed by atoms with van der Waals surface area (Å²) in [5.41, 5.74) is 0.890. The van der Waals surface area contributed by atoms with Crippen molar-refractivity contribution >= 4 is 11.9 Å². The maximum Gasteiger partial charge on any atom is 0.337 e. The van der Waals surface area contributed by atoms with Crippen LogP contribution in [0.4, 0.5) is 0 Å². The minimum atomic E-state index is -1.65. The lowest BCUT2D eigenvalue weighted by molar-refractivity contribution is -0.341. The van der Waals surface area contributed by atoms with E-state index in [2.05, 4.69) is 0 Å². The summed E-state index contributed by atoms with van der Waals surface area (Å²) in [5, 5.41) is 49.4. The van der Waals surface area contributed by atoms with Gasteiger partial charge in [0.05, 0.1) is 38.6 Å². The fourth-order valence-electron chi connectivity index (χ4n) is 4.48. The number of phenols is 1. The van der Waals surface area contributed by atoms with Gasteiger partial charge in [0.2, 0.25) is 6.29 Å². The Balaban J connectivity index is 1.70. The molecule has 5 unspecified atom stereocenters. The number of ether oxygens (including phenoxy) is 5. The van der Waals surface area contributed by atoms with Crippen LogP contribution in [-0.2, 0) is 39.7 Å². The van der Waals surface area contributed by atoms with E-state index >= 15 is 0 Å². The third-order valence-electron chi connectivity index (χ3n) is 6.56. The van der Waals surface area contributed by atoms with Gasteiger partial charge in [-0.15, -0.1) is 0 Å². The highest BCUT2D eigenvalue weighted by Crippen LogP contribution is 2.38. The van der Waals surface area contributed by atoms with E-state index in [0.29, 0.717) is 12.8 Å². The number of esters is 2. The summed E-state index contributed by atoms with van der Waals surface area (Å²) in [6, 6.07) is 6.58. The molecular formula is C25H34O12. The van der Waals surface area contributed by atoms with Crippen LogP contribution < -0.4 is 0 Å². The van der Waals surface area contributed by atoms with Gasteiger partial charge in [-0.1, -0.05) is 19.1 Å². The highest BCUT2D eigenvalue weighted by atomic mass is 16.8. The molecule has 1 saturated heterocycles. The standard InChI is InChI=1S/C25H34O12/c1-3-15-16(10-19(28)34-8-7-13-5-4-6-14(27)9-13)17(23(32)33-2)12-35-24(15)37-25-22(31)21(30)20(29)18(11-26)36-25/h4-6,9,12,15-16,18,20-22,24-27,29-31H,3,7-8,10-11H2,1-2H3/t15-,16-,18?,20?,21?,22?,24-,25?/m1/s1. The Morgan fingerprint density at radius 2 is 1.84 bits per heavy atom. The molecule has 2 aliphatic rings. The minimum absolute atomic E-state index is 0.0599. The van der Waals surface area contributed by atoms with E-state index in [-0.39, 0.29) is 24.4 Å². The van der Waals surface area contributed by atoms with Crippen molar-refractivity contribution in [2.45, 2.75) is 63.2 Å². The monoisotopic (exact) mass is 526 g/mol. The molecule has 3 rings (SSSR count). The number of carbonyl (C=O) groups excluding carboxylic acids is 2. The van der Waals surface area contributed by atoms with E-state index in [9.17, 15) is 35.1 Å². The Morgan fingerprint density at radius 3 is 2.49 bits per heavy atom. The van der Waals surface area contributed by atoms with Gasteiger partial charge in [-0.2, -0.15) is 0 Å². The molecule has 0 amide bonds. The molecule has 37 heavy (non-hydrogen) atoms. The van der Waals surface area contributed by atoms with Crippen molar-refractivity contribution < 1.29 is 58.8 Å². The van der Waals surface area contributed by atoms with Crippen molar-refractivity contribution in [2.24, 2.45) is 11.8 Å². The molecule has 0 bridgehead atoms. The van der Waals surface area contributed by atoms with Crippen molar-refractivity contribution in [1.82, 2.24) is 0 Å². The number of aliphatic hydroxyl groups is 4. The van der Waals surface area contributed by atoms with Gasteiger partial charge in [-0.25, -0.2) is 4.79 Å². The van der Waals surface area contributed by atoms with E-state index in [1.807, 2.05) is 0 Å². The molecule has 12 nitrogen and oxygen atoms in total. The first-order chi connectivity index (χ1) is 17.7. The third-order valence-corrected chi connectivity index (χ3v) is 6.56. The van der Waals surface area contributed by atoms with Crippen LogP contribution in [0.5, 0.6) is 5.75 Å². The molecule has 1 aromatic rings. The summed E-state index contributed by atoms with van der Waals surface area (Å²) in [5.74, 6) is -2.48. The second kappa shape index (κ2) is 13.2.